The summed E-state index contributed by atoms with van der Waals surface area (Å²) in [5.41, 5.74) is 3.84. The van der Waals surface area contributed by atoms with Gasteiger partial charge in [0.25, 0.3) is 11.1 Å². The molecule has 3 heterocycles. The van der Waals surface area contributed by atoms with Crippen LogP contribution in [0.1, 0.15) is 51.3 Å². The molecular weight excluding hydrogens is 492 g/mol. The van der Waals surface area contributed by atoms with Crippen molar-refractivity contribution in [3.63, 3.8) is 0 Å². The fourth-order valence-electron chi connectivity index (χ4n) is 4.24. The number of nitrogens with zero attached hydrogens (tertiary/aromatic N) is 3. The highest BCUT2D eigenvalue weighted by Gasteiger charge is 2.26. The minimum atomic E-state index is -0.398. The third kappa shape index (κ3) is 6.77. The first-order valence-electron chi connectivity index (χ1n) is 11.9. The van der Waals surface area contributed by atoms with Crippen LogP contribution in [-0.2, 0) is 4.79 Å². The van der Waals surface area contributed by atoms with Crippen LogP contribution in [0.15, 0.2) is 67.8 Å². The van der Waals surface area contributed by atoms with Crippen molar-refractivity contribution in [2.24, 2.45) is 9.98 Å². The Morgan fingerprint density at radius 2 is 2.06 bits per heavy atom. The number of rotatable bonds is 7. The molecule has 10 heteroatoms. The number of carbonyl (C=O) groups excluding carboxylic acids is 2. The van der Waals surface area contributed by atoms with E-state index in [1.54, 1.807) is 23.5 Å². The first-order valence-corrected chi connectivity index (χ1v) is 13.7. The highest BCUT2D eigenvalue weighted by Crippen LogP contribution is 2.26. The second-order valence-electron chi connectivity index (χ2n) is 8.69. The number of allylic oxidation sites excluding steroid dienone is 2. The molecule has 2 aromatic rings. The van der Waals surface area contributed by atoms with Crippen LogP contribution in [0.4, 0.5) is 4.79 Å². The number of aliphatic imine (C=N–C) groups is 2. The predicted octanol–water partition coefficient (Wildman–Crippen LogP) is 5.19. The van der Waals surface area contributed by atoms with Gasteiger partial charge < -0.3 is 10.6 Å². The van der Waals surface area contributed by atoms with Crippen LogP contribution in [0, 0.1) is 0 Å². The summed E-state index contributed by atoms with van der Waals surface area (Å²) in [6, 6.07) is 9.00. The summed E-state index contributed by atoms with van der Waals surface area (Å²) in [7, 11) is 0. The Morgan fingerprint density at radius 1 is 1.25 bits per heavy atom. The molecule has 1 atom stereocenters. The molecule has 1 saturated carbocycles. The van der Waals surface area contributed by atoms with Crippen LogP contribution >= 0.6 is 23.1 Å². The van der Waals surface area contributed by atoms with Gasteiger partial charge in [-0.25, -0.2) is 9.98 Å². The maximum absolute atomic E-state index is 11.8. The molecule has 8 nitrogen and oxygen atoms in total. The molecule has 0 spiro atoms. The number of nitrogens with one attached hydrogen (secondary N) is 3. The Bertz CT molecular complexity index is 1200. The molecule has 188 valence electrons. The third-order valence-corrected chi connectivity index (χ3v) is 7.66. The normalized spacial score (nSPS) is 23.0. The predicted molar refractivity (Wildman–Crippen MR) is 148 cm³/mol. The number of hydrogen-bond acceptors (Lipinski definition) is 7. The summed E-state index contributed by atoms with van der Waals surface area (Å²) in [4.78, 5) is 37.2. The lowest BCUT2D eigenvalue weighted by atomic mass is 9.91. The Morgan fingerprint density at radius 3 is 2.69 bits per heavy atom. The maximum Gasteiger partial charge on any atom is 0.290 e. The summed E-state index contributed by atoms with van der Waals surface area (Å²) in [6.45, 7) is 7.64. The number of pyridine rings is 1. The molecule has 2 amide bonds. The van der Waals surface area contributed by atoms with Gasteiger partial charge in [-0.1, -0.05) is 12.1 Å². The van der Waals surface area contributed by atoms with Crippen molar-refractivity contribution in [1.82, 2.24) is 20.9 Å². The maximum atomic E-state index is 11.8. The summed E-state index contributed by atoms with van der Waals surface area (Å²) < 4.78 is 0. The lowest BCUT2D eigenvalue weighted by Crippen LogP contribution is -2.36. The number of guanidine groups is 1. The van der Waals surface area contributed by atoms with Crippen LogP contribution in [0.2, 0.25) is 0 Å². The zero-order chi connectivity index (χ0) is 25.5. The Labute approximate surface area is 219 Å². The smallest absolute Gasteiger partial charge is 0.290 e. The molecule has 1 aliphatic heterocycles. The average molecular weight is 523 g/mol. The number of thioether (sulfide) groups is 1. The lowest BCUT2D eigenvalue weighted by molar-refractivity contribution is -0.115. The second-order valence-corrected chi connectivity index (χ2v) is 10.5. The summed E-state index contributed by atoms with van der Waals surface area (Å²) in [5.74, 6) is 0.0125. The van der Waals surface area contributed by atoms with E-state index in [-0.39, 0.29) is 17.3 Å². The van der Waals surface area contributed by atoms with Crippen LogP contribution < -0.4 is 16.0 Å². The van der Waals surface area contributed by atoms with Crippen molar-refractivity contribution in [3.8, 4) is 11.3 Å². The standard InChI is InChI=1S/C26H30N6O2S2/c1-4-18(14-23-24(33)32-26(34)36-23)29-25(27-3)30-20-10-8-19(9-11-20)28-16(2)21-6-5-7-22(31-21)17-12-13-35-15-17/h4-7,12-16,19-20,28H,3,8-11H2,1-2H3,(H,29,30)(H,32,33,34)/b18-4-,23-14-. The van der Waals surface area contributed by atoms with Gasteiger partial charge in [0.1, 0.15) is 0 Å². The molecule has 0 aromatic carbocycles. The van der Waals surface area contributed by atoms with E-state index in [9.17, 15) is 9.59 Å². The van der Waals surface area contributed by atoms with Crippen LogP contribution in [-0.4, -0.2) is 40.9 Å². The van der Waals surface area contributed by atoms with E-state index < -0.39 is 5.91 Å². The molecular formula is C26H30N6O2S2. The monoisotopic (exact) mass is 522 g/mol. The molecule has 4 rings (SSSR count). The van der Waals surface area contributed by atoms with Crippen molar-refractivity contribution >= 4 is 46.9 Å². The van der Waals surface area contributed by atoms with Gasteiger partial charge in [0.15, 0.2) is 0 Å². The third-order valence-electron chi connectivity index (χ3n) is 6.16. The lowest BCUT2D eigenvalue weighted by Gasteiger charge is -2.29. The SMILES string of the molecule is C=NC(=NC1CCC(NC(C)c2cccc(-c3ccsc3)n2)CC1)NC(=C\C)/C=C1\SC(=O)NC1=O. The molecule has 1 saturated heterocycles. The van der Waals surface area contributed by atoms with E-state index in [2.05, 4.69) is 69.6 Å². The molecule has 2 aromatic heterocycles. The zero-order valence-electron chi connectivity index (χ0n) is 20.4. The number of amides is 2. The zero-order valence-corrected chi connectivity index (χ0v) is 22.0. The van der Waals surface area contributed by atoms with Gasteiger partial charge in [-0.15, -0.1) is 0 Å². The first-order chi connectivity index (χ1) is 17.4. The second kappa shape index (κ2) is 12.2. The van der Waals surface area contributed by atoms with E-state index in [4.69, 9.17) is 9.98 Å². The topological polar surface area (TPSA) is 108 Å². The van der Waals surface area contributed by atoms with E-state index in [1.807, 2.05) is 6.92 Å². The van der Waals surface area contributed by atoms with Gasteiger partial charge >= 0.3 is 0 Å². The number of thiophene rings is 1. The molecule has 2 fully saturated rings. The van der Waals surface area contributed by atoms with Gasteiger partial charge in [0.05, 0.1) is 22.3 Å². The molecule has 2 aliphatic rings. The van der Waals surface area contributed by atoms with Crippen molar-refractivity contribution in [3.05, 3.63) is 63.5 Å². The first kappa shape index (κ1) is 26.0. The van der Waals surface area contributed by atoms with Gasteiger partial charge in [-0.3, -0.25) is 19.9 Å². The van der Waals surface area contributed by atoms with E-state index in [0.717, 1.165) is 54.4 Å². The number of hydrogen-bond donors (Lipinski definition) is 3. The number of imide groups is 1. The van der Waals surface area contributed by atoms with Gasteiger partial charge in [-0.2, -0.15) is 11.3 Å². The molecule has 1 aliphatic carbocycles. The number of aromatic nitrogens is 1. The minimum Gasteiger partial charge on any atom is -0.325 e. The number of carbonyl (C=O) groups is 2. The molecule has 0 bridgehead atoms. The molecule has 0 radical (unpaired) electrons. The summed E-state index contributed by atoms with van der Waals surface area (Å²) in [5, 5.41) is 12.9. The van der Waals surface area contributed by atoms with Crippen LogP contribution in [0.25, 0.3) is 11.3 Å². The molecule has 3 N–H and O–H groups in total. The fourth-order valence-corrected chi connectivity index (χ4v) is 5.57. The largest absolute Gasteiger partial charge is 0.325 e. The fraction of sp³-hybridized carbons (Fsp3) is 0.346. The Hall–Kier alpha value is -3.08. The van der Waals surface area contributed by atoms with E-state index in [1.165, 1.54) is 0 Å². The Kier molecular flexibility index (Phi) is 8.84. The van der Waals surface area contributed by atoms with Gasteiger partial charge in [0.2, 0.25) is 5.96 Å². The minimum absolute atomic E-state index is 0.142. The highest BCUT2D eigenvalue weighted by atomic mass is 32.2. The highest BCUT2D eigenvalue weighted by molar-refractivity contribution is 8.18. The van der Waals surface area contributed by atoms with Crippen molar-refractivity contribution in [2.75, 3.05) is 0 Å². The quantitative estimate of drug-likeness (QED) is 0.262. The van der Waals surface area contributed by atoms with Crippen molar-refractivity contribution in [1.29, 1.82) is 0 Å². The average Bonchev–Trinajstić information content (AvgIpc) is 3.53. The summed E-state index contributed by atoms with van der Waals surface area (Å²) >= 11 is 2.55. The van der Waals surface area contributed by atoms with Gasteiger partial charge in [-0.05, 0) is 87.7 Å². The van der Waals surface area contributed by atoms with E-state index >= 15 is 0 Å². The van der Waals surface area contributed by atoms with Crippen molar-refractivity contribution in [2.45, 2.75) is 57.7 Å². The van der Waals surface area contributed by atoms with Gasteiger partial charge in [0, 0.05) is 28.7 Å². The summed E-state index contributed by atoms with van der Waals surface area (Å²) in [6.07, 6.45) is 7.31. The van der Waals surface area contributed by atoms with E-state index in [0.29, 0.717) is 22.6 Å². The van der Waals surface area contributed by atoms with Crippen LogP contribution in [0.5, 0.6) is 0 Å². The molecule has 36 heavy (non-hydrogen) atoms. The van der Waals surface area contributed by atoms with Crippen LogP contribution in [0.3, 0.4) is 0 Å². The molecule has 1 unspecified atom stereocenters. The Balaban J connectivity index is 1.31. The van der Waals surface area contributed by atoms with Crippen molar-refractivity contribution < 1.29 is 9.59 Å².